The van der Waals surface area contributed by atoms with E-state index in [0.717, 1.165) is 5.52 Å². The molecule has 1 fully saturated rings. The molecule has 0 saturated carbocycles. The fourth-order valence-electron chi connectivity index (χ4n) is 4.15. The lowest BCUT2D eigenvalue weighted by atomic mass is 9.97. The first kappa shape index (κ1) is 23.3. The normalized spacial score (nSPS) is 15.6. The average molecular weight is 450 g/mol. The fourth-order valence-corrected chi connectivity index (χ4v) is 5.64. The minimum Gasteiger partial charge on any atom is -0.466 e. The molecular formula is C22H31N3O5S. The number of benzene rings is 1. The van der Waals surface area contributed by atoms with Crippen molar-refractivity contribution in [2.24, 2.45) is 13.0 Å². The highest BCUT2D eigenvalue weighted by Gasteiger charge is 2.30. The Morgan fingerprint density at radius 1 is 1.10 bits per heavy atom. The number of carbonyl (C=O) groups excluding carboxylic acids is 2. The van der Waals surface area contributed by atoms with Gasteiger partial charge < -0.3 is 14.2 Å². The second kappa shape index (κ2) is 9.40. The predicted octanol–water partition coefficient (Wildman–Crippen LogP) is 2.62. The monoisotopic (exact) mass is 449 g/mol. The van der Waals surface area contributed by atoms with Crippen LogP contribution in [0.5, 0.6) is 0 Å². The Morgan fingerprint density at radius 2 is 1.74 bits per heavy atom. The van der Waals surface area contributed by atoms with Crippen LogP contribution in [0.2, 0.25) is 0 Å². The van der Waals surface area contributed by atoms with Crippen molar-refractivity contribution in [2.75, 3.05) is 32.8 Å². The maximum Gasteiger partial charge on any atom is 0.309 e. The molecule has 1 aliphatic heterocycles. The molecule has 0 bridgehead atoms. The number of rotatable bonds is 7. The van der Waals surface area contributed by atoms with E-state index in [1.807, 2.05) is 13.8 Å². The third kappa shape index (κ3) is 4.48. The molecule has 1 amide bonds. The smallest absolute Gasteiger partial charge is 0.309 e. The van der Waals surface area contributed by atoms with Crippen molar-refractivity contribution in [3.8, 4) is 0 Å². The quantitative estimate of drug-likeness (QED) is 0.606. The zero-order valence-corrected chi connectivity index (χ0v) is 19.4. The van der Waals surface area contributed by atoms with E-state index in [-0.39, 0.29) is 22.7 Å². The Balaban J connectivity index is 1.83. The predicted molar refractivity (Wildman–Crippen MR) is 118 cm³/mol. The van der Waals surface area contributed by atoms with Crippen molar-refractivity contribution in [1.29, 1.82) is 0 Å². The van der Waals surface area contributed by atoms with Gasteiger partial charge in [0.1, 0.15) is 5.69 Å². The first-order chi connectivity index (χ1) is 14.7. The molecule has 2 heterocycles. The van der Waals surface area contributed by atoms with Gasteiger partial charge in [0, 0.05) is 44.1 Å². The highest BCUT2D eigenvalue weighted by atomic mass is 32.2. The summed E-state index contributed by atoms with van der Waals surface area (Å²) < 4.78 is 34.0. The second-order valence-corrected chi connectivity index (χ2v) is 9.66. The summed E-state index contributed by atoms with van der Waals surface area (Å²) in [6.07, 6.45) is 1.17. The van der Waals surface area contributed by atoms with Gasteiger partial charge in [0.2, 0.25) is 10.0 Å². The lowest BCUT2D eigenvalue weighted by Crippen LogP contribution is -2.41. The van der Waals surface area contributed by atoms with Crippen LogP contribution in [0.15, 0.2) is 29.2 Å². The Hall–Kier alpha value is -2.39. The number of fused-ring (bicyclic) bond motifs is 1. The largest absolute Gasteiger partial charge is 0.466 e. The molecular weight excluding hydrogens is 418 g/mol. The molecule has 0 N–H and O–H groups in total. The van der Waals surface area contributed by atoms with Crippen molar-refractivity contribution in [3.63, 3.8) is 0 Å². The fraction of sp³-hybridized carbons (Fsp3) is 0.545. The number of piperidine rings is 1. The molecule has 2 aromatic rings. The van der Waals surface area contributed by atoms with E-state index < -0.39 is 10.0 Å². The summed E-state index contributed by atoms with van der Waals surface area (Å²) >= 11 is 0. The van der Waals surface area contributed by atoms with E-state index >= 15 is 0 Å². The van der Waals surface area contributed by atoms with Crippen LogP contribution >= 0.6 is 0 Å². The first-order valence-corrected chi connectivity index (χ1v) is 12.2. The van der Waals surface area contributed by atoms with Gasteiger partial charge in [-0.05, 0) is 44.0 Å². The van der Waals surface area contributed by atoms with Gasteiger partial charge in [-0.25, -0.2) is 8.42 Å². The van der Waals surface area contributed by atoms with E-state index in [2.05, 4.69) is 0 Å². The van der Waals surface area contributed by atoms with Gasteiger partial charge in [0.05, 0.1) is 17.4 Å². The molecule has 170 valence electrons. The van der Waals surface area contributed by atoms with Crippen LogP contribution < -0.4 is 0 Å². The average Bonchev–Trinajstić information content (AvgIpc) is 3.10. The second-order valence-electron chi connectivity index (χ2n) is 7.72. The number of hydrogen-bond acceptors (Lipinski definition) is 5. The van der Waals surface area contributed by atoms with Crippen LogP contribution in [-0.4, -0.2) is 66.9 Å². The van der Waals surface area contributed by atoms with Crippen LogP contribution in [0, 0.1) is 5.92 Å². The van der Waals surface area contributed by atoms with Crippen molar-refractivity contribution in [2.45, 2.75) is 38.5 Å². The van der Waals surface area contributed by atoms with Crippen molar-refractivity contribution < 1.29 is 22.7 Å². The number of sulfonamides is 1. The van der Waals surface area contributed by atoms with Gasteiger partial charge in [0.25, 0.3) is 5.91 Å². The number of aryl methyl sites for hydroxylation is 1. The first-order valence-electron chi connectivity index (χ1n) is 10.8. The Labute approximate surface area is 183 Å². The Morgan fingerprint density at radius 3 is 2.32 bits per heavy atom. The van der Waals surface area contributed by atoms with Gasteiger partial charge >= 0.3 is 5.97 Å². The molecule has 1 saturated heterocycles. The maximum absolute atomic E-state index is 13.1. The number of nitrogens with zero attached hydrogens (tertiary/aromatic N) is 3. The summed E-state index contributed by atoms with van der Waals surface area (Å²) in [6, 6.07) is 6.72. The van der Waals surface area contributed by atoms with E-state index in [9.17, 15) is 18.0 Å². The maximum atomic E-state index is 13.1. The third-order valence-electron chi connectivity index (χ3n) is 5.98. The molecule has 0 unspecified atom stereocenters. The minimum absolute atomic E-state index is 0.117. The molecule has 8 nitrogen and oxygen atoms in total. The van der Waals surface area contributed by atoms with E-state index in [1.54, 1.807) is 47.7 Å². The zero-order valence-electron chi connectivity index (χ0n) is 18.6. The zero-order chi connectivity index (χ0) is 22.8. The van der Waals surface area contributed by atoms with Gasteiger partial charge in [0.15, 0.2) is 0 Å². The lowest BCUT2D eigenvalue weighted by Gasteiger charge is -2.31. The van der Waals surface area contributed by atoms with Crippen LogP contribution in [0.25, 0.3) is 10.9 Å². The highest BCUT2D eigenvalue weighted by Crippen LogP contribution is 2.26. The molecule has 0 spiro atoms. The number of esters is 1. The minimum atomic E-state index is -3.57. The summed E-state index contributed by atoms with van der Waals surface area (Å²) in [4.78, 5) is 27.0. The third-order valence-corrected chi connectivity index (χ3v) is 8.02. The number of ether oxygens (including phenoxy) is 1. The molecule has 0 atom stereocenters. The van der Waals surface area contributed by atoms with Crippen LogP contribution in [0.1, 0.15) is 44.1 Å². The van der Waals surface area contributed by atoms with Crippen molar-refractivity contribution in [3.05, 3.63) is 30.0 Å². The van der Waals surface area contributed by atoms with Crippen molar-refractivity contribution in [1.82, 2.24) is 13.8 Å². The molecule has 1 aliphatic rings. The van der Waals surface area contributed by atoms with Crippen molar-refractivity contribution >= 4 is 32.8 Å². The Kier molecular flexibility index (Phi) is 7.06. The van der Waals surface area contributed by atoms with Crippen LogP contribution in [0.4, 0.5) is 0 Å². The van der Waals surface area contributed by atoms with Gasteiger partial charge in [-0.1, -0.05) is 13.8 Å². The summed E-state index contributed by atoms with van der Waals surface area (Å²) in [5, 5.41) is 0.709. The van der Waals surface area contributed by atoms with E-state index in [0.29, 0.717) is 56.7 Å². The Bertz CT molecular complexity index is 1060. The summed E-state index contributed by atoms with van der Waals surface area (Å²) in [7, 11) is -1.77. The van der Waals surface area contributed by atoms with Crippen LogP contribution in [-0.2, 0) is 26.6 Å². The number of carbonyl (C=O) groups is 2. The summed E-state index contributed by atoms with van der Waals surface area (Å²) in [5.41, 5.74) is 1.30. The summed E-state index contributed by atoms with van der Waals surface area (Å²) in [5.74, 6) is -0.473. The number of amides is 1. The SMILES string of the molecule is CCOC(=O)C1CCN(C(=O)c2cc3cc(S(=O)(=O)N(CC)CC)ccc3n2C)CC1. The topological polar surface area (TPSA) is 88.9 Å². The lowest BCUT2D eigenvalue weighted by molar-refractivity contribution is -0.149. The molecule has 0 radical (unpaired) electrons. The standard InChI is InChI=1S/C22H31N3O5S/c1-5-25(6-2)31(28,29)18-8-9-19-17(14-18)15-20(23(19)4)21(26)24-12-10-16(11-13-24)22(27)30-7-3/h8-9,14-16H,5-7,10-13H2,1-4H3. The van der Waals surface area contributed by atoms with E-state index in [1.165, 1.54) is 4.31 Å². The highest BCUT2D eigenvalue weighted by molar-refractivity contribution is 7.89. The number of likely N-dealkylation sites (tertiary alicyclic amines) is 1. The molecule has 3 rings (SSSR count). The van der Waals surface area contributed by atoms with Crippen LogP contribution in [0.3, 0.4) is 0 Å². The van der Waals surface area contributed by atoms with Gasteiger partial charge in [-0.3, -0.25) is 9.59 Å². The molecule has 1 aromatic heterocycles. The molecule has 0 aliphatic carbocycles. The summed E-state index contributed by atoms with van der Waals surface area (Å²) in [6.45, 7) is 7.55. The van der Waals surface area contributed by atoms with Gasteiger partial charge in [-0.15, -0.1) is 0 Å². The number of aromatic nitrogens is 1. The molecule has 1 aromatic carbocycles. The van der Waals surface area contributed by atoms with Gasteiger partial charge in [-0.2, -0.15) is 4.31 Å². The molecule has 9 heteroatoms. The molecule has 31 heavy (non-hydrogen) atoms. The van der Waals surface area contributed by atoms with E-state index in [4.69, 9.17) is 4.74 Å². The number of hydrogen-bond donors (Lipinski definition) is 0.